The summed E-state index contributed by atoms with van der Waals surface area (Å²) in [5.41, 5.74) is 5.79. The second-order valence-electron chi connectivity index (χ2n) is 9.72. The van der Waals surface area contributed by atoms with Crippen molar-refractivity contribution in [1.82, 2.24) is 10.2 Å². The molecule has 7 heteroatoms. The number of likely N-dealkylation sites (tertiary alicyclic amines) is 1. The number of halogens is 1. The van der Waals surface area contributed by atoms with Crippen LogP contribution < -0.4 is 15.8 Å². The Hall–Kier alpha value is -1.70. The molecular weight excluding hydrogens is 385 g/mol. The van der Waals surface area contributed by atoms with Crippen molar-refractivity contribution in [2.24, 2.45) is 17.1 Å². The van der Waals surface area contributed by atoms with Gasteiger partial charge in [0, 0.05) is 25.5 Å². The molecule has 1 saturated heterocycles. The van der Waals surface area contributed by atoms with Crippen LogP contribution in [-0.2, 0) is 4.79 Å². The maximum absolute atomic E-state index is 13.6. The third-order valence-corrected chi connectivity index (χ3v) is 6.61. The SMILES string of the molecule is CC(C)(C)C1CCN([C@@H]2[C@@H](O)[C@H](Oc3cccc(F)c3)C[C@H]2NC(=O)CCN)CC1. The van der Waals surface area contributed by atoms with E-state index in [9.17, 15) is 14.3 Å². The first-order chi connectivity index (χ1) is 14.2. The first-order valence-electron chi connectivity index (χ1n) is 11.0. The normalized spacial score (nSPS) is 28.5. The monoisotopic (exact) mass is 421 g/mol. The number of ether oxygens (including phenoxy) is 1. The fraction of sp³-hybridized carbons (Fsp3) is 0.696. The van der Waals surface area contributed by atoms with Crippen LogP contribution in [0.2, 0.25) is 0 Å². The number of benzene rings is 1. The van der Waals surface area contributed by atoms with Gasteiger partial charge in [0.1, 0.15) is 23.8 Å². The fourth-order valence-corrected chi connectivity index (χ4v) is 4.91. The smallest absolute Gasteiger partial charge is 0.221 e. The number of nitrogens with one attached hydrogen (secondary N) is 1. The van der Waals surface area contributed by atoms with Crippen LogP contribution in [0.4, 0.5) is 4.39 Å². The average molecular weight is 422 g/mol. The minimum absolute atomic E-state index is 0.115. The zero-order valence-electron chi connectivity index (χ0n) is 18.3. The molecule has 0 bridgehead atoms. The van der Waals surface area contributed by atoms with Crippen LogP contribution in [0.1, 0.15) is 46.5 Å². The van der Waals surface area contributed by atoms with Gasteiger partial charge in [-0.15, -0.1) is 0 Å². The quantitative estimate of drug-likeness (QED) is 0.656. The van der Waals surface area contributed by atoms with E-state index in [2.05, 4.69) is 31.0 Å². The number of rotatable bonds is 6. The molecule has 168 valence electrons. The van der Waals surface area contributed by atoms with Gasteiger partial charge < -0.3 is 20.9 Å². The lowest BCUT2D eigenvalue weighted by atomic mass is 9.75. The van der Waals surface area contributed by atoms with Gasteiger partial charge in [-0.25, -0.2) is 4.39 Å². The third kappa shape index (κ3) is 5.50. The maximum Gasteiger partial charge on any atom is 0.221 e. The Kier molecular flexibility index (Phi) is 7.37. The van der Waals surface area contributed by atoms with Crippen molar-refractivity contribution in [3.05, 3.63) is 30.1 Å². The maximum atomic E-state index is 13.6. The molecule has 1 aliphatic carbocycles. The minimum atomic E-state index is -0.775. The van der Waals surface area contributed by atoms with Crippen LogP contribution in [0.15, 0.2) is 24.3 Å². The first-order valence-corrected chi connectivity index (χ1v) is 11.0. The Balaban J connectivity index is 1.73. The highest BCUT2D eigenvalue weighted by Crippen LogP contribution is 2.37. The van der Waals surface area contributed by atoms with E-state index in [1.807, 2.05) is 0 Å². The Bertz CT molecular complexity index is 716. The second-order valence-corrected chi connectivity index (χ2v) is 9.72. The number of hydrogen-bond acceptors (Lipinski definition) is 5. The van der Waals surface area contributed by atoms with Gasteiger partial charge in [0.05, 0.1) is 12.1 Å². The summed E-state index contributed by atoms with van der Waals surface area (Å²) >= 11 is 0. The fourth-order valence-electron chi connectivity index (χ4n) is 4.91. The average Bonchev–Trinajstić information content (AvgIpc) is 2.96. The molecule has 6 nitrogen and oxygen atoms in total. The van der Waals surface area contributed by atoms with Gasteiger partial charge in [0.2, 0.25) is 5.91 Å². The molecule has 1 amide bonds. The molecule has 0 spiro atoms. The van der Waals surface area contributed by atoms with Gasteiger partial charge in [0.25, 0.3) is 0 Å². The molecule has 4 N–H and O–H groups in total. The van der Waals surface area contributed by atoms with Crippen molar-refractivity contribution in [2.75, 3.05) is 19.6 Å². The molecule has 1 heterocycles. The number of hydrogen-bond donors (Lipinski definition) is 3. The van der Waals surface area contributed by atoms with Crippen LogP contribution in [0.3, 0.4) is 0 Å². The van der Waals surface area contributed by atoms with Gasteiger partial charge >= 0.3 is 0 Å². The molecule has 1 aliphatic heterocycles. The van der Waals surface area contributed by atoms with Crippen LogP contribution in [0.25, 0.3) is 0 Å². The van der Waals surface area contributed by atoms with Crippen molar-refractivity contribution >= 4 is 5.91 Å². The number of piperidine rings is 1. The van der Waals surface area contributed by atoms with Crippen molar-refractivity contribution in [1.29, 1.82) is 0 Å². The number of carbonyl (C=O) groups is 1. The topological polar surface area (TPSA) is 87.8 Å². The Morgan fingerprint density at radius 1 is 1.33 bits per heavy atom. The number of aliphatic hydroxyl groups is 1. The van der Waals surface area contributed by atoms with Gasteiger partial charge in [-0.1, -0.05) is 26.8 Å². The van der Waals surface area contributed by atoms with E-state index < -0.39 is 12.2 Å². The molecule has 1 aromatic rings. The Morgan fingerprint density at radius 2 is 2.03 bits per heavy atom. The molecule has 3 rings (SSSR count). The highest BCUT2D eigenvalue weighted by Gasteiger charge is 2.48. The second kappa shape index (κ2) is 9.62. The lowest BCUT2D eigenvalue weighted by Gasteiger charge is -2.43. The largest absolute Gasteiger partial charge is 0.487 e. The van der Waals surface area contributed by atoms with Crippen molar-refractivity contribution in [2.45, 2.75) is 70.7 Å². The van der Waals surface area contributed by atoms with E-state index in [4.69, 9.17) is 10.5 Å². The van der Waals surface area contributed by atoms with E-state index >= 15 is 0 Å². The van der Waals surface area contributed by atoms with Crippen LogP contribution in [0.5, 0.6) is 5.75 Å². The number of carbonyl (C=O) groups excluding carboxylic acids is 1. The van der Waals surface area contributed by atoms with Crippen molar-refractivity contribution in [3.8, 4) is 5.75 Å². The highest BCUT2D eigenvalue weighted by atomic mass is 19.1. The molecule has 1 saturated carbocycles. The molecule has 0 unspecified atom stereocenters. The molecule has 4 atom stereocenters. The van der Waals surface area contributed by atoms with E-state index in [-0.39, 0.29) is 42.2 Å². The molecule has 30 heavy (non-hydrogen) atoms. The van der Waals surface area contributed by atoms with Crippen LogP contribution in [-0.4, -0.2) is 59.8 Å². The summed E-state index contributed by atoms with van der Waals surface area (Å²) in [7, 11) is 0. The van der Waals surface area contributed by atoms with Gasteiger partial charge in [-0.05, 0) is 49.4 Å². The summed E-state index contributed by atoms with van der Waals surface area (Å²) < 4.78 is 19.5. The lowest BCUT2D eigenvalue weighted by molar-refractivity contribution is -0.122. The predicted octanol–water partition coefficient (Wildman–Crippen LogP) is 2.30. The zero-order chi connectivity index (χ0) is 21.9. The summed E-state index contributed by atoms with van der Waals surface area (Å²) in [5.74, 6) is 0.527. The molecule has 0 radical (unpaired) electrons. The summed E-state index contributed by atoms with van der Waals surface area (Å²) in [6, 6.07) is 5.48. The number of amides is 1. The van der Waals surface area contributed by atoms with Crippen molar-refractivity contribution < 1.29 is 19.0 Å². The molecule has 2 aliphatic rings. The molecule has 2 fully saturated rings. The first kappa shape index (κ1) is 23.0. The summed E-state index contributed by atoms with van der Waals surface area (Å²) in [6.45, 7) is 8.86. The summed E-state index contributed by atoms with van der Waals surface area (Å²) in [4.78, 5) is 14.5. The predicted molar refractivity (Wildman–Crippen MR) is 115 cm³/mol. The zero-order valence-corrected chi connectivity index (χ0v) is 18.3. The lowest BCUT2D eigenvalue weighted by Crippen LogP contribution is -2.56. The molecule has 1 aromatic carbocycles. The highest BCUT2D eigenvalue weighted by molar-refractivity contribution is 5.76. The molecule has 0 aromatic heterocycles. The summed E-state index contributed by atoms with van der Waals surface area (Å²) in [5, 5.41) is 14.2. The minimum Gasteiger partial charge on any atom is -0.487 e. The van der Waals surface area contributed by atoms with Gasteiger partial charge in [-0.2, -0.15) is 0 Å². The standard InChI is InChI=1S/C23H36FN3O3/c1-23(2,3)15-8-11-27(12-9-15)21-18(26-20(28)7-10-25)14-19(22(21)29)30-17-6-4-5-16(24)13-17/h4-6,13,15,18-19,21-22,29H,7-12,14,25H2,1-3H3,(H,26,28)/t18-,19-,21+,22+/m1/s1. The number of aliphatic hydroxyl groups excluding tert-OH is 1. The third-order valence-electron chi connectivity index (χ3n) is 6.61. The van der Waals surface area contributed by atoms with E-state index in [0.717, 1.165) is 25.9 Å². The van der Waals surface area contributed by atoms with E-state index in [1.54, 1.807) is 12.1 Å². The molecular formula is C23H36FN3O3. The van der Waals surface area contributed by atoms with Crippen LogP contribution in [0, 0.1) is 17.2 Å². The van der Waals surface area contributed by atoms with Crippen molar-refractivity contribution in [3.63, 3.8) is 0 Å². The Labute approximate surface area is 179 Å². The number of nitrogens with two attached hydrogens (primary N) is 1. The van der Waals surface area contributed by atoms with Crippen LogP contribution >= 0.6 is 0 Å². The summed E-state index contributed by atoms with van der Waals surface area (Å²) in [6.07, 6.45) is 1.55. The van der Waals surface area contributed by atoms with E-state index in [0.29, 0.717) is 18.1 Å². The number of nitrogens with zero attached hydrogens (tertiary/aromatic N) is 1. The Morgan fingerprint density at radius 3 is 2.63 bits per heavy atom. The van der Waals surface area contributed by atoms with Gasteiger partial charge in [0.15, 0.2) is 0 Å². The van der Waals surface area contributed by atoms with Gasteiger partial charge in [-0.3, -0.25) is 9.69 Å². The van der Waals surface area contributed by atoms with E-state index in [1.165, 1.54) is 12.1 Å².